The smallest absolute Gasteiger partial charge is 0.387 e. The average Bonchev–Trinajstić information content (AvgIpc) is 2.15. The number of hydrogen-bond acceptors (Lipinski definition) is 2. The van der Waals surface area contributed by atoms with E-state index >= 15 is 0 Å². The summed E-state index contributed by atoms with van der Waals surface area (Å²) in [4.78, 5) is 0. The number of benzene rings is 1. The molecule has 0 aliphatic rings. The molecule has 0 saturated carbocycles. The minimum Gasteiger partial charge on any atom is -0.387 e. The van der Waals surface area contributed by atoms with Crippen molar-refractivity contribution in [2.24, 2.45) is 5.73 Å². The highest BCUT2D eigenvalue weighted by Crippen LogP contribution is 2.31. The van der Waals surface area contributed by atoms with Crippen molar-refractivity contribution in [2.75, 3.05) is 6.54 Å². The van der Waals surface area contributed by atoms with Crippen LogP contribution >= 0.6 is 0 Å². The van der Waals surface area contributed by atoms with E-state index in [-0.39, 0.29) is 6.54 Å². The first-order valence-electron chi connectivity index (χ1n) is 4.42. The first-order valence-corrected chi connectivity index (χ1v) is 4.42. The zero-order chi connectivity index (χ0) is 11.6. The van der Waals surface area contributed by atoms with Gasteiger partial charge in [-0.15, -0.1) is 0 Å². The number of aliphatic hydroxyl groups excluding tert-OH is 1. The summed E-state index contributed by atoms with van der Waals surface area (Å²) in [5.41, 5.74) is 5.34. The van der Waals surface area contributed by atoms with Crippen LogP contribution in [-0.2, 0) is 6.18 Å². The third kappa shape index (κ3) is 2.70. The van der Waals surface area contributed by atoms with Gasteiger partial charge in [0.25, 0.3) is 0 Å². The van der Waals surface area contributed by atoms with E-state index in [1.807, 2.05) is 0 Å². The highest BCUT2D eigenvalue weighted by atomic mass is 19.4. The van der Waals surface area contributed by atoms with Crippen molar-refractivity contribution in [3.05, 3.63) is 34.9 Å². The lowest BCUT2D eigenvalue weighted by atomic mass is 10.0. The molecule has 1 rings (SSSR count). The molecule has 0 aliphatic carbocycles. The van der Waals surface area contributed by atoms with E-state index in [9.17, 15) is 18.3 Å². The quantitative estimate of drug-likeness (QED) is 0.799. The molecular weight excluding hydrogens is 207 g/mol. The van der Waals surface area contributed by atoms with Crippen LogP contribution in [0.5, 0.6) is 0 Å². The molecule has 0 saturated heterocycles. The minimum absolute atomic E-state index is 0.00773. The Hall–Kier alpha value is -1.07. The molecular formula is C10H12F3NO. The van der Waals surface area contributed by atoms with E-state index in [4.69, 9.17) is 5.73 Å². The lowest BCUT2D eigenvalue weighted by molar-refractivity contribution is -0.137. The monoisotopic (exact) mass is 219 g/mol. The Balaban J connectivity index is 3.09. The lowest BCUT2D eigenvalue weighted by Gasteiger charge is -2.14. The van der Waals surface area contributed by atoms with Crippen LogP contribution < -0.4 is 5.73 Å². The van der Waals surface area contributed by atoms with E-state index in [2.05, 4.69) is 0 Å². The summed E-state index contributed by atoms with van der Waals surface area (Å²) in [6.45, 7) is 1.51. The van der Waals surface area contributed by atoms with Crippen LogP contribution in [0, 0.1) is 6.92 Å². The fraction of sp³-hybridized carbons (Fsp3) is 0.400. The number of halogens is 3. The number of aliphatic hydroxyl groups is 1. The summed E-state index contributed by atoms with van der Waals surface area (Å²) in [5.74, 6) is 0. The van der Waals surface area contributed by atoms with E-state index in [0.29, 0.717) is 11.1 Å². The van der Waals surface area contributed by atoms with Gasteiger partial charge in [0, 0.05) is 6.54 Å². The van der Waals surface area contributed by atoms with Crippen molar-refractivity contribution in [3.8, 4) is 0 Å². The van der Waals surface area contributed by atoms with Crippen molar-refractivity contribution in [1.29, 1.82) is 0 Å². The SMILES string of the molecule is Cc1cc(C(F)(F)F)ccc1C(O)CN. The highest BCUT2D eigenvalue weighted by molar-refractivity contribution is 5.34. The Morgan fingerprint density at radius 3 is 2.40 bits per heavy atom. The van der Waals surface area contributed by atoms with Gasteiger partial charge in [0.2, 0.25) is 0 Å². The van der Waals surface area contributed by atoms with Crippen molar-refractivity contribution in [2.45, 2.75) is 19.2 Å². The first-order chi connectivity index (χ1) is 6.86. The summed E-state index contributed by atoms with van der Waals surface area (Å²) in [6, 6.07) is 3.21. The number of rotatable bonds is 2. The van der Waals surface area contributed by atoms with Gasteiger partial charge in [0.05, 0.1) is 11.7 Å². The minimum atomic E-state index is -4.35. The summed E-state index contributed by atoms with van der Waals surface area (Å²) in [7, 11) is 0. The first kappa shape index (κ1) is 12.0. The zero-order valence-corrected chi connectivity index (χ0v) is 8.17. The van der Waals surface area contributed by atoms with Crippen molar-refractivity contribution < 1.29 is 18.3 Å². The van der Waals surface area contributed by atoms with Crippen LogP contribution in [0.3, 0.4) is 0 Å². The summed E-state index contributed by atoms with van der Waals surface area (Å²) in [6.07, 6.45) is -5.26. The van der Waals surface area contributed by atoms with E-state index < -0.39 is 17.8 Å². The molecule has 1 unspecified atom stereocenters. The molecule has 0 amide bonds. The highest BCUT2D eigenvalue weighted by Gasteiger charge is 2.30. The number of aryl methyl sites for hydroxylation is 1. The fourth-order valence-corrected chi connectivity index (χ4v) is 1.35. The van der Waals surface area contributed by atoms with Gasteiger partial charge in [-0.1, -0.05) is 6.07 Å². The molecule has 2 nitrogen and oxygen atoms in total. The van der Waals surface area contributed by atoms with Gasteiger partial charge in [0.15, 0.2) is 0 Å². The molecule has 0 aliphatic heterocycles. The van der Waals surface area contributed by atoms with Gasteiger partial charge in [-0.2, -0.15) is 13.2 Å². The lowest BCUT2D eigenvalue weighted by Crippen LogP contribution is -2.13. The second-order valence-electron chi connectivity index (χ2n) is 3.32. The van der Waals surface area contributed by atoms with Crippen LogP contribution in [0.1, 0.15) is 22.8 Å². The third-order valence-electron chi connectivity index (χ3n) is 2.18. The Morgan fingerprint density at radius 2 is 2.00 bits per heavy atom. The Bertz CT molecular complexity index is 349. The Morgan fingerprint density at radius 1 is 1.40 bits per heavy atom. The Kier molecular flexibility index (Phi) is 3.36. The largest absolute Gasteiger partial charge is 0.416 e. The maximum atomic E-state index is 12.3. The molecule has 1 aromatic rings. The van der Waals surface area contributed by atoms with E-state index in [0.717, 1.165) is 12.1 Å². The number of hydrogen-bond donors (Lipinski definition) is 2. The second-order valence-corrected chi connectivity index (χ2v) is 3.32. The predicted octanol–water partition coefficient (Wildman–Crippen LogP) is 2.01. The third-order valence-corrected chi connectivity index (χ3v) is 2.18. The van der Waals surface area contributed by atoms with Crippen molar-refractivity contribution >= 4 is 0 Å². The fourth-order valence-electron chi connectivity index (χ4n) is 1.35. The molecule has 84 valence electrons. The van der Waals surface area contributed by atoms with Crippen LogP contribution in [0.25, 0.3) is 0 Å². The molecule has 0 heterocycles. The van der Waals surface area contributed by atoms with Crippen LogP contribution in [0.15, 0.2) is 18.2 Å². The zero-order valence-electron chi connectivity index (χ0n) is 8.17. The van der Waals surface area contributed by atoms with Crippen molar-refractivity contribution in [1.82, 2.24) is 0 Å². The topological polar surface area (TPSA) is 46.2 Å². The summed E-state index contributed by atoms with van der Waals surface area (Å²) in [5, 5.41) is 9.40. The molecule has 0 radical (unpaired) electrons. The van der Waals surface area contributed by atoms with Gasteiger partial charge in [-0.25, -0.2) is 0 Å². The normalized spacial score (nSPS) is 14.0. The molecule has 5 heteroatoms. The van der Waals surface area contributed by atoms with Gasteiger partial charge >= 0.3 is 6.18 Å². The van der Waals surface area contributed by atoms with E-state index in [1.165, 1.54) is 13.0 Å². The summed E-state index contributed by atoms with van der Waals surface area (Å²) < 4.78 is 36.9. The van der Waals surface area contributed by atoms with Crippen molar-refractivity contribution in [3.63, 3.8) is 0 Å². The molecule has 1 atom stereocenters. The second kappa shape index (κ2) is 4.20. The van der Waals surface area contributed by atoms with Crippen LogP contribution in [0.2, 0.25) is 0 Å². The number of nitrogens with two attached hydrogens (primary N) is 1. The molecule has 3 N–H and O–H groups in total. The molecule has 0 bridgehead atoms. The molecule has 15 heavy (non-hydrogen) atoms. The van der Waals surface area contributed by atoms with Gasteiger partial charge < -0.3 is 10.8 Å². The van der Waals surface area contributed by atoms with Gasteiger partial charge in [-0.3, -0.25) is 0 Å². The number of alkyl halides is 3. The predicted molar refractivity (Wildman–Crippen MR) is 50.2 cm³/mol. The molecule has 0 fully saturated rings. The maximum absolute atomic E-state index is 12.3. The molecule has 1 aromatic carbocycles. The van der Waals surface area contributed by atoms with Gasteiger partial charge in [0.1, 0.15) is 0 Å². The molecule has 0 aromatic heterocycles. The van der Waals surface area contributed by atoms with Crippen LogP contribution in [-0.4, -0.2) is 11.7 Å². The molecule has 0 spiro atoms. The van der Waals surface area contributed by atoms with E-state index in [1.54, 1.807) is 0 Å². The van der Waals surface area contributed by atoms with Gasteiger partial charge in [-0.05, 0) is 30.2 Å². The maximum Gasteiger partial charge on any atom is 0.416 e. The summed E-state index contributed by atoms with van der Waals surface area (Å²) >= 11 is 0. The standard InChI is InChI=1S/C10H12F3NO/c1-6-4-7(10(11,12)13)2-3-8(6)9(15)5-14/h2-4,9,15H,5,14H2,1H3. The average molecular weight is 219 g/mol. The van der Waals surface area contributed by atoms with Crippen LogP contribution in [0.4, 0.5) is 13.2 Å². The Labute approximate surface area is 85.5 Å².